The number of hydrogen-bond donors (Lipinski definition) is 0. The predicted octanol–water partition coefficient (Wildman–Crippen LogP) is 21.3. The summed E-state index contributed by atoms with van der Waals surface area (Å²) in [6.45, 7) is 0.560. The number of para-hydroxylation sites is 4. The van der Waals surface area contributed by atoms with Gasteiger partial charge in [0, 0.05) is 51.3 Å². The van der Waals surface area contributed by atoms with E-state index >= 15 is 0 Å². The maximum Gasteiger partial charge on any atom is 0.137 e. The van der Waals surface area contributed by atoms with Crippen molar-refractivity contribution in [1.82, 2.24) is 9.55 Å². The molecule has 0 atom stereocenters. The molecule has 11 aromatic carbocycles. The molecular formula is C82H64N4O. The number of benzene rings is 11. The van der Waals surface area contributed by atoms with E-state index in [0.717, 1.165) is 102 Å². The van der Waals surface area contributed by atoms with Crippen LogP contribution < -0.4 is 14.5 Å². The lowest BCUT2D eigenvalue weighted by Crippen LogP contribution is -2.56. The number of rotatable bonds is 12. The topological polar surface area (TPSA) is 33.5 Å². The van der Waals surface area contributed by atoms with Crippen LogP contribution in [0.25, 0.3) is 83.3 Å². The fourth-order valence-corrected chi connectivity index (χ4v) is 16.6. The van der Waals surface area contributed by atoms with Crippen molar-refractivity contribution in [3.63, 3.8) is 0 Å². The Balaban J connectivity index is 0.840. The van der Waals surface area contributed by atoms with Crippen molar-refractivity contribution in [2.75, 3.05) is 16.5 Å². The Bertz CT molecular complexity index is 4570. The third-order valence-electron chi connectivity index (χ3n) is 20.0. The van der Waals surface area contributed by atoms with Gasteiger partial charge in [-0.2, -0.15) is 0 Å². The highest BCUT2D eigenvalue weighted by Crippen LogP contribution is 2.65. The average Bonchev–Trinajstić information content (AvgIpc) is 1.33. The zero-order valence-electron chi connectivity index (χ0n) is 48.5. The van der Waals surface area contributed by atoms with Gasteiger partial charge >= 0.3 is 0 Å². The summed E-state index contributed by atoms with van der Waals surface area (Å²) in [4.78, 5) is 10.3. The molecule has 0 spiro atoms. The highest BCUT2D eigenvalue weighted by Gasteiger charge is 2.58. The van der Waals surface area contributed by atoms with Gasteiger partial charge in [0.25, 0.3) is 0 Å². The molecule has 18 rings (SSSR count). The van der Waals surface area contributed by atoms with Crippen molar-refractivity contribution >= 4 is 44.6 Å². The number of anilines is 4. The highest BCUT2D eigenvalue weighted by molar-refractivity contribution is 6.09. The van der Waals surface area contributed by atoms with Crippen LogP contribution in [0.1, 0.15) is 43.2 Å². The van der Waals surface area contributed by atoms with Crippen molar-refractivity contribution in [3.8, 4) is 73.0 Å². The molecule has 0 unspecified atom stereocenters. The Hall–Kier alpha value is -10.2. The third kappa shape index (κ3) is 8.62. The molecule has 3 heterocycles. The fraction of sp³-hybridized carbons (Fsp3) is 0.134. The summed E-state index contributed by atoms with van der Waals surface area (Å²) in [7, 11) is 0. The van der Waals surface area contributed by atoms with E-state index in [1.165, 1.54) is 70.9 Å². The van der Waals surface area contributed by atoms with Crippen molar-refractivity contribution in [1.29, 1.82) is 0 Å². The van der Waals surface area contributed by atoms with Gasteiger partial charge in [-0.05, 0) is 166 Å². The molecule has 4 aliphatic carbocycles. The quantitative estimate of drug-likeness (QED) is 0.122. The number of nitrogens with zero attached hydrogens (tertiary/aromatic N) is 4. The molecule has 5 heteroatoms. The van der Waals surface area contributed by atoms with Gasteiger partial charge in [0.15, 0.2) is 0 Å². The number of fused-ring (bicyclic) bond motifs is 4. The molecule has 1 aliphatic heterocycles. The first-order valence-corrected chi connectivity index (χ1v) is 31.1. The molecule has 87 heavy (non-hydrogen) atoms. The van der Waals surface area contributed by atoms with Crippen molar-refractivity contribution in [2.45, 2.75) is 37.5 Å². The van der Waals surface area contributed by atoms with Gasteiger partial charge in [0.05, 0.1) is 28.1 Å². The largest absolute Gasteiger partial charge is 0.457 e. The predicted molar refractivity (Wildman–Crippen MR) is 359 cm³/mol. The number of hydrogen-bond acceptors (Lipinski definition) is 4. The molecule has 0 amide bonds. The lowest BCUT2D eigenvalue weighted by Gasteiger charge is -2.62. The van der Waals surface area contributed by atoms with E-state index in [1.54, 1.807) is 0 Å². The normalized spacial score (nSPS) is 19.2. The summed E-state index contributed by atoms with van der Waals surface area (Å²) < 4.78 is 9.86. The Kier molecular flexibility index (Phi) is 12.4. The van der Waals surface area contributed by atoms with Gasteiger partial charge in [0.2, 0.25) is 0 Å². The maximum atomic E-state index is 7.46. The standard InChI is InChI=1S/C82H64N4O/c1-6-22-57(23-7-1)69-33-20-34-70(58-24-8-2-9-25-58)80(69)61-49-66(84-54-85(77-39-19-18-38-76(77)84)81-71(59-26-10-3-11-27-59)35-21-36-72(81)60-28-12-4-13-29-60)52-68(50-61)87-67-40-41-74-73-32-16-17-37-75(73)86(78(74)53-67)79-51-63(42-43-83-79)82(62-30-14-5-15-31-62)64-45-55-44-56(47-64)48-65(82)46-55/h1-43,49-53,55-56,64-65H,44-48,54H2. The first-order valence-electron chi connectivity index (χ1n) is 31.1. The van der Waals surface area contributed by atoms with Crippen LogP contribution in [-0.2, 0) is 5.41 Å². The van der Waals surface area contributed by atoms with E-state index in [4.69, 9.17) is 9.72 Å². The minimum Gasteiger partial charge on any atom is -0.457 e. The smallest absolute Gasteiger partial charge is 0.137 e. The minimum atomic E-state index is -0.0516. The molecule has 5 nitrogen and oxygen atoms in total. The van der Waals surface area contributed by atoms with Gasteiger partial charge in [0.1, 0.15) is 24.0 Å². The van der Waals surface area contributed by atoms with Crippen LogP contribution >= 0.6 is 0 Å². The summed E-state index contributed by atoms with van der Waals surface area (Å²) in [6.07, 6.45) is 8.74. The SMILES string of the molecule is c1ccc(-c2cccc(-c3ccccc3)c2-c2cc(Oc3ccc4c5ccccc5n(-c5cc(C6(c7ccccc7)C7CC8CC(C7)CC6C8)ccn5)c4c3)cc(N3CN(c4c(-c5ccccc5)cccc4-c4ccccc4)c4ccccc43)c2)cc1. The van der Waals surface area contributed by atoms with Crippen molar-refractivity contribution < 1.29 is 4.74 Å². The average molecular weight is 1120 g/mol. The van der Waals surface area contributed by atoms with Crippen molar-refractivity contribution in [3.05, 3.63) is 302 Å². The van der Waals surface area contributed by atoms with Gasteiger partial charge in [-0.3, -0.25) is 4.57 Å². The van der Waals surface area contributed by atoms with Gasteiger partial charge in [-0.1, -0.05) is 218 Å². The molecule has 4 bridgehead atoms. The summed E-state index contributed by atoms with van der Waals surface area (Å²) in [5.41, 5.74) is 20.9. The van der Waals surface area contributed by atoms with E-state index in [1.807, 2.05) is 0 Å². The minimum absolute atomic E-state index is 0.0516. The number of aromatic nitrogens is 2. The lowest BCUT2D eigenvalue weighted by molar-refractivity contribution is -0.0418. The second kappa shape index (κ2) is 21.1. The van der Waals surface area contributed by atoms with E-state index < -0.39 is 0 Å². The first kappa shape index (κ1) is 51.2. The molecule has 4 fully saturated rings. The second-order valence-electron chi connectivity index (χ2n) is 24.7. The molecule has 0 N–H and O–H groups in total. The summed E-state index contributed by atoms with van der Waals surface area (Å²) in [5.74, 6) is 5.35. The van der Waals surface area contributed by atoms with Crippen LogP contribution in [0, 0.1) is 23.7 Å². The molecular weight excluding hydrogens is 1060 g/mol. The van der Waals surface area contributed by atoms with E-state index in [-0.39, 0.29) is 5.41 Å². The Morgan fingerprint density at radius 3 is 1.49 bits per heavy atom. The van der Waals surface area contributed by atoms with Gasteiger partial charge in [-0.25, -0.2) is 4.98 Å². The van der Waals surface area contributed by atoms with E-state index in [0.29, 0.717) is 18.5 Å². The summed E-state index contributed by atoms with van der Waals surface area (Å²) >= 11 is 0. The second-order valence-corrected chi connectivity index (χ2v) is 24.7. The number of ether oxygens (including phenoxy) is 1. The van der Waals surface area contributed by atoms with E-state index in [9.17, 15) is 0 Å². The lowest BCUT2D eigenvalue weighted by atomic mass is 9.42. The first-order chi connectivity index (χ1) is 43.1. The third-order valence-corrected chi connectivity index (χ3v) is 20.0. The Labute approximate surface area is 509 Å². The summed E-state index contributed by atoms with van der Waals surface area (Å²) in [5, 5.41) is 2.35. The Morgan fingerprint density at radius 2 is 0.885 bits per heavy atom. The fourth-order valence-electron chi connectivity index (χ4n) is 16.6. The molecule has 0 radical (unpaired) electrons. The van der Waals surface area contributed by atoms with Crippen molar-refractivity contribution in [2.24, 2.45) is 23.7 Å². The van der Waals surface area contributed by atoms with Crippen LogP contribution in [0.5, 0.6) is 11.5 Å². The molecule has 5 aliphatic rings. The molecule has 4 saturated carbocycles. The zero-order valence-corrected chi connectivity index (χ0v) is 48.5. The van der Waals surface area contributed by atoms with Gasteiger partial charge in [-0.15, -0.1) is 0 Å². The maximum absolute atomic E-state index is 7.46. The van der Waals surface area contributed by atoms with E-state index in [2.05, 4.69) is 306 Å². The Morgan fingerprint density at radius 1 is 0.368 bits per heavy atom. The molecule has 2 aromatic heterocycles. The monoisotopic (exact) mass is 1120 g/mol. The van der Waals surface area contributed by atoms with Crippen LogP contribution in [-0.4, -0.2) is 16.2 Å². The van der Waals surface area contributed by atoms with Gasteiger partial charge < -0.3 is 14.5 Å². The summed E-state index contributed by atoms with van der Waals surface area (Å²) in [6, 6.07) is 104. The van der Waals surface area contributed by atoms with Crippen LogP contribution in [0.3, 0.4) is 0 Å². The molecule has 418 valence electrons. The molecule has 13 aromatic rings. The zero-order chi connectivity index (χ0) is 57.4. The van der Waals surface area contributed by atoms with Crippen LogP contribution in [0.2, 0.25) is 0 Å². The number of pyridine rings is 1. The molecule has 0 saturated heterocycles. The van der Waals surface area contributed by atoms with Crippen LogP contribution in [0.15, 0.2) is 291 Å². The highest BCUT2D eigenvalue weighted by atomic mass is 16.5. The van der Waals surface area contributed by atoms with Crippen LogP contribution in [0.4, 0.5) is 22.7 Å².